The topological polar surface area (TPSA) is 20.3 Å². The molecule has 17 heavy (non-hydrogen) atoms. The summed E-state index contributed by atoms with van der Waals surface area (Å²) in [5, 5.41) is 0.539. The molecule has 1 aliphatic heterocycles. The van der Waals surface area contributed by atoms with Gasteiger partial charge in [0.05, 0.1) is 16.0 Å². The van der Waals surface area contributed by atoms with E-state index in [0.717, 1.165) is 13.0 Å². The van der Waals surface area contributed by atoms with Crippen LogP contribution in [0, 0.1) is 5.92 Å². The lowest BCUT2D eigenvalue weighted by molar-refractivity contribution is 0.0701. The van der Waals surface area contributed by atoms with Gasteiger partial charge in [-0.2, -0.15) is 0 Å². The molecule has 1 fully saturated rings. The monoisotopic (exact) mass is 271 g/mol. The van der Waals surface area contributed by atoms with Crippen LogP contribution in [0.4, 0.5) is 0 Å². The molecule has 92 valence electrons. The van der Waals surface area contributed by atoms with Crippen LogP contribution >= 0.6 is 23.2 Å². The maximum atomic E-state index is 12.3. The number of hydrogen-bond acceptors (Lipinski definition) is 1. The third-order valence-corrected chi connectivity index (χ3v) is 4.16. The highest BCUT2D eigenvalue weighted by molar-refractivity contribution is 6.33. The van der Waals surface area contributed by atoms with Crippen LogP contribution < -0.4 is 0 Å². The molecule has 1 aliphatic rings. The van der Waals surface area contributed by atoms with Gasteiger partial charge in [0.1, 0.15) is 0 Å². The van der Waals surface area contributed by atoms with Gasteiger partial charge < -0.3 is 4.90 Å². The van der Waals surface area contributed by atoms with Crippen molar-refractivity contribution in [1.82, 2.24) is 4.90 Å². The largest absolute Gasteiger partial charge is 0.337 e. The van der Waals surface area contributed by atoms with Gasteiger partial charge >= 0.3 is 0 Å². The zero-order chi connectivity index (χ0) is 12.4. The van der Waals surface area contributed by atoms with Crippen molar-refractivity contribution in [3.05, 3.63) is 34.9 Å². The van der Waals surface area contributed by atoms with Gasteiger partial charge in [-0.1, -0.05) is 30.7 Å². The van der Waals surface area contributed by atoms with Crippen LogP contribution in [0.1, 0.15) is 23.7 Å². The van der Waals surface area contributed by atoms with Gasteiger partial charge in [0, 0.05) is 13.1 Å². The first-order valence-electron chi connectivity index (χ1n) is 5.77. The number of carbonyl (C=O) groups is 1. The zero-order valence-electron chi connectivity index (χ0n) is 9.70. The summed E-state index contributed by atoms with van der Waals surface area (Å²) in [6.45, 7) is 3.48. The average molecular weight is 272 g/mol. The van der Waals surface area contributed by atoms with Crippen molar-refractivity contribution in [3.8, 4) is 0 Å². The Kier molecular flexibility index (Phi) is 3.95. The van der Waals surface area contributed by atoms with Crippen molar-refractivity contribution < 1.29 is 4.79 Å². The Morgan fingerprint density at radius 1 is 1.41 bits per heavy atom. The second-order valence-electron chi connectivity index (χ2n) is 4.51. The summed E-state index contributed by atoms with van der Waals surface area (Å²) in [7, 11) is 0. The molecule has 4 heteroatoms. The van der Waals surface area contributed by atoms with Gasteiger partial charge in [-0.25, -0.2) is 0 Å². The first-order chi connectivity index (χ1) is 8.09. The van der Waals surface area contributed by atoms with E-state index in [1.54, 1.807) is 17.0 Å². The molecule has 1 heterocycles. The highest BCUT2D eigenvalue weighted by atomic mass is 35.5. The smallest absolute Gasteiger partial charge is 0.255 e. The molecular formula is C13H15Cl2NO. The normalized spacial score (nSPS) is 24.8. The lowest BCUT2D eigenvalue weighted by atomic mass is 9.98. The van der Waals surface area contributed by atoms with Crippen molar-refractivity contribution in [2.75, 3.05) is 13.1 Å². The first kappa shape index (κ1) is 12.7. The fourth-order valence-electron chi connectivity index (χ4n) is 2.01. The van der Waals surface area contributed by atoms with Gasteiger partial charge in [-0.05, 0) is 24.5 Å². The molecule has 0 bridgehead atoms. The second kappa shape index (κ2) is 5.28. The molecule has 0 N–H and O–H groups in total. The third kappa shape index (κ3) is 2.75. The number of halogens is 2. The number of amides is 1. The molecule has 0 aromatic heterocycles. The van der Waals surface area contributed by atoms with E-state index in [9.17, 15) is 4.79 Å². The van der Waals surface area contributed by atoms with Gasteiger partial charge in [0.15, 0.2) is 0 Å². The summed E-state index contributed by atoms with van der Waals surface area (Å²) >= 11 is 12.2. The molecule has 2 rings (SSSR count). The minimum atomic E-state index is -0.0202. The van der Waals surface area contributed by atoms with Gasteiger partial charge in [-0.15, -0.1) is 11.6 Å². The van der Waals surface area contributed by atoms with Crippen molar-refractivity contribution in [3.63, 3.8) is 0 Å². The Hall–Kier alpha value is -0.730. The quantitative estimate of drug-likeness (QED) is 0.717. The molecule has 0 saturated carbocycles. The van der Waals surface area contributed by atoms with Crippen LogP contribution in [0.25, 0.3) is 0 Å². The molecule has 2 unspecified atom stereocenters. The number of benzene rings is 1. The van der Waals surface area contributed by atoms with Crippen LogP contribution in [0.3, 0.4) is 0 Å². The van der Waals surface area contributed by atoms with Crippen LogP contribution in [-0.4, -0.2) is 29.3 Å². The van der Waals surface area contributed by atoms with Crippen molar-refractivity contribution in [2.45, 2.75) is 18.7 Å². The van der Waals surface area contributed by atoms with E-state index in [2.05, 4.69) is 6.92 Å². The Bertz CT molecular complexity index is 422. The molecule has 0 spiro atoms. The van der Waals surface area contributed by atoms with Crippen LogP contribution in [0.5, 0.6) is 0 Å². The van der Waals surface area contributed by atoms with Crippen LogP contribution in [0.2, 0.25) is 5.02 Å². The maximum Gasteiger partial charge on any atom is 0.255 e. The number of nitrogens with zero attached hydrogens (tertiary/aromatic N) is 1. The lowest BCUT2D eigenvalue weighted by Gasteiger charge is -2.34. The molecule has 0 radical (unpaired) electrons. The molecule has 0 aliphatic carbocycles. The highest BCUT2D eigenvalue weighted by Gasteiger charge is 2.28. The summed E-state index contributed by atoms with van der Waals surface area (Å²) in [6.07, 6.45) is 0.949. The summed E-state index contributed by atoms with van der Waals surface area (Å²) < 4.78 is 0. The number of carbonyl (C=O) groups excluding carboxylic acids is 1. The second-order valence-corrected chi connectivity index (χ2v) is 5.48. The predicted octanol–water partition coefficient (Wildman–Crippen LogP) is 3.43. The van der Waals surface area contributed by atoms with E-state index in [0.29, 0.717) is 23.0 Å². The number of likely N-dealkylation sites (tertiary alicyclic amines) is 1. The number of hydrogen-bond donors (Lipinski definition) is 0. The summed E-state index contributed by atoms with van der Waals surface area (Å²) in [5.41, 5.74) is 0.563. The van der Waals surface area contributed by atoms with Crippen molar-refractivity contribution in [1.29, 1.82) is 0 Å². The van der Waals surface area contributed by atoms with E-state index in [4.69, 9.17) is 23.2 Å². The minimum absolute atomic E-state index is 0.0202. The first-order valence-corrected chi connectivity index (χ1v) is 6.59. The molecule has 2 nitrogen and oxygen atoms in total. The number of alkyl halides is 1. The summed E-state index contributed by atoms with van der Waals surface area (Å²) in [6, 6.07) is 7.14. The summed E-state index contributed by atoms with van der Waals surface area (Å²) in [5.74, 6) is 0.445. The molecule has 1 amide bonds. The molecular weight excluding hydrogens is 257 g/mol. The fraction of sp³-hybridized carbons (Fsp3) is 0.462. The van der Waals surface area contributed by atoms with Gasteiger partial charge in [0.25, 0.3) is 5.91 Å². The van der Waals surface area contributed by atoms with Crippen LogP contribution in [-0.2, 0) is 0 Å². The highest BCUT2D eigenvalue weighted by Crippen LogP contribution is 2.24. The average Bonchev–Trinajstić information content (AvgIpc) is 2.32. The van der Waals surface area contributed by atoms with E-state index < -0.39 is 0 Å². The minimum Gasteiger partial charge on any atom is -0.337 e. The lowest BCUT2D eigenvalue weighted by Crippen LogP contribution is -2.43. The Morgan fingerprint density at radius 2 is 2.12 bits per heavy atom. The van der Waals surface area contributed by atoms with Crippen LogP contribution in [0.15, 0.2) is 24.3 Å². The Labute approximate surface area is 112 Å². The third-order valence-electron chi connectivity index (χ3n) is 3.26. The zero-order valence-corrected chi connectivity index (χ0v) is 11.2. The van der Waals surface area contributed by atoms with Gasteiger partial charge in [0.2, 0.25) is 0 Å². The van der Waals surface area contributed by atoms with Crippen molar-refractivity contribution in [2.24, 2.45) is 5.92 Å². The Morgan fingerprint density at radius 3 is 2.76 bits per heavy atom. The standard InChI is InChI=1S/C13H15Cl2NO/c1-9-6-7-16(8-12(9)15)13(17)10-4-2-3-5-11(10)14/h2-5,9,12H,6-8H2,1H3. The number of piperidine rings is 1. The van der Waals surface area contributed by atoms with E-state index in [-0.39, 0.29) is 11.3 Å². The molecule has 1 aromatic rings. The fourth-order valence-corrected chi connectivity index (χ4v) is 2.52. The SMILES string of the molecule is CC1CCN(C(=O)c2ccccc2Cl)CC1Cl. The van der Waals surface area contributed by atoms with Gasteiger partial charge in [-0.3, -0.25) is 4.79 Å². The molecule has 1 aromatic carbocycles. The van der Waals surface area contributed by atoms with Crippen molar-refractivity contribution >= 4 is 29.1 Å². The van der Waals surface area contributed by atoms with E-state index in [1.165, 1.54) is 0 Å². The number of rotatable bonds is 1. The molecule has 1 saturated heterocycles. The van der Waals surface area contributed by atoms with E-state index in [1.807, 2.05) is 12.1 Å². The molecule has 2 atom stereocenters. The maximum absolute atomic E-state index is 12.3. The predicted molar refractivity (Wildman–Crippen MR) is 70.8 cm³/mol. The van der Waals surface area contributed by atoms with E-state index >= 15 is 0 Å². The Balaban J connectivity index is 2.14. The summed E-state index contributed by atoms with van der Waals surface area (Å²) in [4.78, 5) is 14.0.